The quantitative estimate of drug-likeness (QED) is 0.360. The van der Waals surface area contributed by atoms with Crippen LogP contribution in [-0.2, 0) is 10.8 Å². The van der Waals surface area contributed by atoms with Crippen molar-refractivity contribution in [2.75, 3.05) is 0 Å². The van der Waals surface area contributed by atoms with E-state index in [9.17, 15) is 5.11 Å². The highest BCUT2D eigenvalue weighted by atomic mass is 16.3. The lowest BCUT2D eigenvalue weighted by Gasteiger charge is -2.32. The molecule has 0 aromatic heterocycles. The van der Waals surface area contributed by atoms with Crippen LogP contribution in [0.4, 0.5) is 0 Å². The molecule has 0 saturated heterocycles. The molecule has 0 fully saturated rings. The number of benzene rings is 4. The Labute approximate surface area is 186 Å². The van der Waals surface area contributed by atoms with Crippen LogP contribution in [0.2, 0.25) is 0 Å². The smallest absolute Gasteiger partial charge is 0.119 e. The van der Waals surface area contributed by atoms with Crippen LogP contribution in [0.15, 0.2) is 103 Å². The fourth-order valence-corrected chi connectivity index (χ4v) is 4.33. The van der Waals surface area contributed by atoms with Gasteiger partial charge in [0, 0.05) is 16.4 Å². The minimum absolute atomic E-state index is 0.157. The molecular formula is C30H30O. The fraction of sp³-hybridized carbons (Fsp3) is 0.200. The summed E-state index contributed by atoms with van der Waals surface area (Å²) in [5, 5.41) is 10.6. The van der Waals surface area contributed by atoms with E-state index >= 15 is 0 Å². The third kappa shape index (κ3) is 4.01. The lowest BCUT2D eigenvalue weighted by Crippen LogP contribution is -2.23. The minimum Gasteiger partial charge on any atom is -0.508 e. The number of phenols is 1. The van der Waals surface area contributed by atoms with Crippen LogP contribution in [0.3, 0.4) is 0 Å². The van der Waals surface area contributed by atoms with Crippen molar-refractivity contribution in [3.8, 4) is 16.9 Å². The molecule has 4 aromatic carbocycles. The van der Waals surface area contributed by atoms with Gasteiger partial charge in [0.25, 0.3) is 0 Å². The van der Waals surface area contributed by atoms with Gasteiger partial charge in [-0.05, 0) is 33.9 Å². The summed E-state index contributed by atoms with van der Waals surface area (Å²) in [6, 6.07) is 35.7. The summed E-state index contributed by atoms with van der Waals surface area (Å²) in [5.41, 5.74) is 6.55. The summed E-state index contributed by atoms with van der Waals surface area (Å²) in [7, 11) is 0. The molecule has 0 spiro atoms. The zero-order valence-electron chi connectivity index (χ0n) is 18.8. The van der Waals surface area contributed by atoms with Crippen molar-refractivity contribution in [1.29, 1.82) is 0 Å². The van der Waals surface area contributed by atoms with Gasteiger partial charge >= 0.3 is 0 Å². The summed E-state index contributed by atoms with van der Waals surface area (Å²) in [6.45, 7) is 8.93. The Morgan fingerprint density at radius 2 is 1.00 bits per heavy atom. The van der Waals surface area contributed by atoms with Crippen molar-refractivity contribution in [2.45, 2.75) is 38.5 Å². The molecule has 4 aromatic rings. The molecule has 0 atom stereocenters. The van der Waals surface area contributed by atoms with Gasteiger partial charge in [-0.15, -0.1) is 0 Å². The van der Waals surface area contributed by atoms with Crippen molar-refractivity contribution in [1.82, 2.24) is 0 Å². The maximum atomic E-state index is 10.6. The molecule has 0 radical (unpaired) electrons. The molecule has 1 nitrogen and oxygen atoms in total. The molecule has 0 aliphatic heterocycles. The van der Waals surface area contributed by atoms with Crippen molar-refractivity contribution in [2.24, 2.45) is 0 Å². The number of phenolic OH excluding ortho intramolecular Hbond substituents is 1. The zero-order chi connectivity index (χ0) is 22.1. The Morgan fingerprint density at radius 3 is 1.61 bits per heavy atom. The number of hydrogen-bond acceptors (Lipinski definition) is 1. The van der Waals surface area contributed by atoms with E-state index in [1.54, 1.807) is 6.07 Å². The Bertz CT molecular complexity index is 1170. The first-order chi connectivity index (χ1) is 14.8. The van der Waals surface area contributed by atoms with Crippen LogP contribution in [-0.4, -0.2) is 5.11 Å². The average molecular weight is 407 g/mol. The van der Waals surface area contributed by atoms with Gasteiger partial charge in [0.1, 0.15) is 5.75 Å². The Hall–Kier alpha value is -3.32. The van der Waals surface area contributed by atoms with Gasteiger partial charge < -0.3 is 5.11 Å². The van der Waals surface area contributed by atoms with E-state index in [4.69, 9.17) is 0 Å². The molecule has 0 unspecified atom stereocenters. The maximum Gasteiger partial charge on any atom is 0.119 e. The molecule has 1 heteroatoms. The summed E-state index contributed by atoms with van der Waals surface area (Å²) in [5.74, 6) is 0.335. The summed E-state index contributed by atoms with van der Waals surface area (Å²) >= 11 is 0. The number of rotatable bonds is 5. The van der Waals surface area contributed by atoms with Crippen LogP contribution in [0.5, 0.6) is 5.75 Å². The van der Waals surface area contributed by atoms with Gasteiger partial charge in [0.2, 0.25) is 0 Å². The summed E-state index contributed by atoms with van der Waals surface area (Å²) in [6.07, 6.45) is 0. The molecule has 1 N–H and O–H groups in total. The van der Waals surface area contributed by atoms with E-state index in [2.05, 4.69) is 100 Å². The second-order valence-electron chi connectivity index (χ2n) is 9.30. The van der Waals surface area contributed by atoms with Gasteiger partial charge in [0.05, 0.1) is 0 Å². The number of para-hydroxylation sites is 1. The van der Waals surface area contributed by atoms with E-state index in [0.717, 1.165) is 5.56 Å². The first kappa shape index (κ1) is 20.9. The highest BCUT2D eigenvalue weighted by Crippen LogP contribution is 2.41. The van der Waals surface area contributed by atoms with Crippen LogP contribution in [0.1, 0.15) is 49.9 Å². The van der Waals surface area contributed by atoms with E-state index in [1.165, 1.54) is 27.8 Å². The number of aromatic hydroxyl groups is 1. The molecule has 0 bridgehead atoms. The van der Waals surface area contributed by atoms with Crippen molar-refractivity contribution in [3.05, 3.63) is 125 Å². The topological polar surface area (TPSA) is 20.2 Å². The van der Waals surface area contributed by atoms with E-state index in [1.807, 2.05) is 24.3 Å². The molecule has 0 aliphatic rings. The fourth-order valence-electron chi connectivity index (χ4n) is 4.33. The SMILES string of the molecule is CC(C)(c1ccccc1)c1cc(-c2ccccc2)cc(C(C)(C)c2ccccc2O)c1. The Balaban J connectivity index is 1.94. The normalized spacial score (nSPS) is 12.0. The van der Waals surface area contributed by atoms with Crippen LogP contribution in [0.25, 0.3) is 11.1 Å². The van der Waals surface area contributed by atoms with Crippen LogP contribution in [0, 0.1) is 0 Å². The number of hydrogen-bond donors (Lipinski definition) is 1. The largest absolute Gasteiger partial charge is 0.508 e. The molecule has 0 heterocycles. The molecule has 0 amide bonds. The van der Waals surface area contributed by atoms with E-state index in [0.29, 0.717) is 5.75 Å². The molecular weight excluding hydrogens is 376 g/mol. The summed E-state index contributed by atoms with van der Waals surface area (Å²) in [4.78, 5) is 0. The molecule has 31 heavy (non-hydrogen) atoms. The first-order valence-corrected chi connectivity index (χ1v) is 10.9. The minimum atomic E-state index is -0.350. The van der Waals surface area contributed by atoms with Gasteiger partial charge in [-0.3, -0.25) is 0 Å². The lowest BCUT2D eigenvalue weighted by atomic mass is 9.72. The molecule has 0 saturated carbocycles. The molecule has 0 aliphatic carbocycles. The van der Waals surface area contributed by atoms with Crippen molar-refractivity contribution in [3.63, 3.8) is 0 Å². The highest BCUT2D eigenvalue weighted by Gasteiger charge is 2.30. The predicted octanol–water partition coefficient (Wildman–Crippen LogP) is 7.71. The van der Waals surface area contributed by atoms with Crippen molar-refractivity contribution >= 4 is 0 Å². The molecule has 156 valence electrons. The van der Waals surface area contributed by atoms with E-state index in [-0.39, 0.29) is 10.8 Å². The van der Waals surface area contributed by atoms with Gasteiger partial charge in [0.15, 0.2) is 0 Å². The van der Waals surface area contributed by atoms with Crippen LogP contribution < -0.4 is 0 Å². The van der Waals surface area contributed by atoms with Gasteiger partial charge in [-0.2, -0.15) is 0 Å². The third-order valence-electron chi connectivity index (χ3n) is 6.56. The van der Waals surface area contributed by atoms with Gasteiger partial charge in [-0.1, -0.05) is 125 Å². The first-order valence-electron chi connectivity index (χ1n) is 10.9. The predicted molar refractivity (Wildman–Crippen MR) is 131 cm³/mol. The highest BCUT2D eigenvalue weighted by molar-refractivity contribution is 5.67. The zero-order valence-corrected chi connectivity index (χ0v) is 18.8. The van der Waals surface area contributed by atoms with E-state index < -0.39 is 0 Å². The summed E-state index contributed by atoms with van der Waals surface area (Å²) < 4.78 is 0. The average Bonchev–Trinajstić information content (AvgIpc) is 2.80. The third-order valence-corrected chi connectivity index (χ3v) is 6.56. The second kappa shape index (κ2) is 8.07. The lowest BCUT2D eigenvalue weighted by molar-refractivity contribution is 0.453. The van der Waals surface area contributed by atoms with Crippen molar-refractivity contribution < 1.29 is 5.11 Å². The Morgan fingerprint density at radius 1 is 0.484 bits per heavy atom. The Kier molecular flexibility index (Phi) is 5.45. The maximum absolute atomic E-state index is 10.6. The van der Waals surface area contributed by atoms with Crippen LogP contribution >= 0.6 is 0 Å². The monoisotopic (exact) mass is 406 g/mol. The second-order valence-corrected chi connectivity index (χ2v) is 9.30. The van der Waals surface area contributed by atoms with Gasteiger partial charge in [-0.25, -0.2) is 0 Å². The standard InChI is InChI=1S/C30H30O/c1-29(2,24-15-9-6-10-16-24)25-19-23(22-13-7-5-8-14-22)20-26(21-25)30(3,4)27-17-11-12-18-28(27)31/h5-21,31H,1-4H3. The molecule has 4 rings (SSSR count).